The van der Waals surface area contributed by atoms with E-state index in [0.29, 0.717) is 6.42 Å². The summed E-state index contributed by atoms with van der Waals surface area (Å²) in [5.74, 6) is 0.164. The number of ketones is 1. The van der Waals surface area contributed by atoms with Gasteiger partial charge in [-0.05, 0) is 28.7 Å². The Morgan fingerprint density at radius 3 is 2.32 bits per heavy atom. The van der Waals surface area contributed by atoms with Gasteiger partial charge in [-0.1, -0.05) is 45.0 Å². The van der Waals surface area contributed by atoms with Crippen LogP contribution < -0.4 is 0 Å². The number of Topliss-reactive ketones (excluding diaryl/α,β-unsaturated/α-hetero) is 1. The molecule has 0 aliphatic rings. The fraction of sp³-hybridized carbons (Fsp3) is 0.294. The number of aromatic nitrogens is 1. The highest BCUT2D eigenvalue weighted by Gasteiger charge is 2.20. The van der Waals surface area contributed by atoms with Gasteiger partial charge in [-0.15, -0.1) is 0 Å². The van der Waals surface area contributed by atoms with Crippen LogP contribution in [0.1, 0.15) is 42.3 Å². The predicted octanol–water partition coefficient (Wildman–Crippen LogP) is 3.80. The zero-order valence-electron chi connectivity index (χ0n) is 11.7. The molecule has 0 atom stereocenters. The Bertz CT molecular complexity index is 567. The molecule has 0 saturated carbocycles. The molecule has 0 saturated heterocycles. The van der Waals surface area contributed by atoms with Gasteiger partial charge in [0.2, 0.25) is 0 Å². The lowest BCUT2D eigenvalue weighted by Crippen LogP contribution is -2.17. The third kappa shape index (κ3) is 3.28. The van der Waals surface area contributed by atoms with E-state index in [1.807, 2.05) is 36.4 Å². The summed E-state index contributed by atoms with van der Waals surface area (Å²) in [5.41, 5.74) is 2.91. The molecule has 1 heterocycles. The van der Waals surface area contributed by atoms with Crippen LogP contribution in [0, 0.1) is 0 Å². The molecule has 0 radical (unpaired) electrons. The molecule has 1 aromatic carbocycles. The van der Waals surface area contributed by atoms with Crippen molar-refractivity contribution in [3.63, 3.8) is 0 Å². The number of carbonyl (C=O) groups is 1. The third-order valence-corrected chi connectivity index (χ3v) is 3.15. The molecule has 0 amide bonds. The van der Waals surface area contributed by atoms with Gasteiger partial charge in [-0.2, -0.15) is 0 Å². The zero-order chi connectivity index (χ0) is 13.9. The Morgan fingerprint density at radius 1 is 1.05 bits per heavy atom. The standard InChI is InChI=1S/C17H19NO/c1-17(2,3)15-7-5-4-6-14(15)16(19)12-13-8-10-18-11-9-13/h4-11H,12H2,1-3H3. The van der Waals surface area contributed by atoms with Crippen LogP contribution in [0.5, 0.6) is 0 Å². The van der Waals surface area contributed by atoms with Crippen molar-refractivity contribution in [2.24, 2.45) is 0 Å². The highest BCUT2D eigenvalue weighted by Crippen LogP contribution is 2.26. The van der Waals surface area contributed by atoms with Crippen LogP contribution >= 0.6 is 0 Å². The van der Waals surface area contributed by atoms with Gasteiger partial charge in [-0.3, -0.25) is 9.78 Å². The summed E-state index contributed by atoms with van der Waals surface area (Å²) in [5, 5.41) is 0. The van der Waals surface area contributed by atoms with E-state index < -0.39 is 0 Å². The van der Waals surface area contributed by atoms with Crippen molar-refractivity contribution in [1.29, 1.82) is 0 Å². The van der Waals surface area contributed by atoms with E-state index in [0.717, 1.165) is 16.7 Å². The molecule has 1 aromatic heterocycles. The number of hydrogen-bond donors (Lipinski definition) is 0. The fourth-order valence-corrected chi connectivity index (χ4v) is 2.16. The van der Waals surface area contributed by atoms with E-state index in [2.05, 4.69) is 25.8 Å². The van der Waals surface area contributed by atoms with Crippen LogP contribution in [0.25, 0.3) is 0 Å². The van der Waals surface area contributed by atoms with Gasteiger partial charge in [0.05, 0.1) is 0 Å². The Morgan fingerprint density at radius 2 is 1.68 bits per heavy atom. The Balaban J connectivity index is 2.30. The average Bonchev–Trinajstić information content (AvgIpc) is 2.39. The Hall–Kier alpha value is -1.96. The van der Waals surface area contributed by atoms with Crippen LogP contribution in [0.4, 0.5) is 0 Å². The highest BCUT2D eigenvalue weighted by molar-refractivity contribution is 5.99. The molecule has 0 aliphatic carbocycles. The SMILES string of the molecule is CC(C)(C)c1ccccc1C(=O)Cc1ccncc1. The van der Waals surface area contributed by atoms with E-state index >= 15 is 0 Å². The predicted molar refractivity (Wildman–Crippen MR) is 77.4 cm³/mol. The Labute approximate surface area is 114 Å². The lowest BCUT2D eigenvalue weighted by atomic mass is 9.82. The first kappa shape index (κ1) is 13.5. The quantitative estimate of drug-likeness (QED) is 0.779. The van der Waals surface area contributed by atoms with Crippen molar-refractivity contribution < 1.29 is 4.79 Å². The highest BCUT2D eigenvalue weighted by atomic mass is 16.1. The number of nitrogens with zero attached hydrogens (tertiary/aromatic N) is 1. The second-order valence-electron chi connectivity index (χ2n) is 5.75. The molecule has 0 unspecified atom stereocenters. The van der Waals surface area contributed by atoms with Gasteiger partial charge in [0.15, 0.2) is 5.78 Å². The summed E-state index contributed by atoms with van der Waals surface area (Å²) < 4.78 is 0. The lowest BCUT2D eigenvalue weighted by Gasteiger charge is -2.22. The summed E-state index contributed by atoms with van der Waals surface area (Å²) in [4.78, 5) is 16.4. The van der Waals surface area contributed by atoms with Crippen LogP contribution in [0.15, 0.2) is 48.8 Å². The van der Waals surface area contributed by atoms with E-state index in [4.69, 9.17) is 0 Å². The number of carbonyl (C=O) groups excluding carboxylic acids is 1. The number of rotatable bonds is 3. The monoisotopic (exact) mass is 253 g/mol. The maximum atomic E-state index is 12.5. The fourth-order valence-electron chi connectivity index (χ4n) is 2.16. The van der Waals surface area contributed by atoms with Crippen molar-refractivity contribution in [2.45, 2.75) is 32.6 Å². The van der Waals surface area contributed by atoms with Gasteiger partial charge in [0.1, 0.15) is 0 Å². The first-order valence-corrected chi connectivity index (χ1v) is 6.50. The maximum absolute atomic E-state index is 12.5. The van der Waals surface area contributed by atoms with Gasteiger partial charge < -0.3 is 0 Å². The van der Waals surface area contributed by atoms with Gasteiger partial charge >= 0.3 is 0 Å². The summed E-state index contributed by atoms with van der Waals surface area (Å²) >= 11 is 0. The van der Waals surface area contributed by atoms with Crippen molar-refractivity contribution >= 4 is 5.78 Å². The molecule has 0 spiro atoms. The first-order valence-electron chi connectivity index (χ1n) is 6.50. The maximum Gasteiger partial charge on any atom is 0.167 e. The van der Waals surface area contributed by atoms with Crippen molar-refractivity contribution in [3.8, 4) is 0 Å². The molecule has 0 fully saturated rings. The molecule has 0 N–H and O–H groups in total. The summed E-state index contributed by atoms with van der Waals surface area (Å²) in [6.45, 7) is 6.39. The normalized spacial score (nSPS) is 11.3. The Kier molecular flexibility index (Phi) is 3.79. The molecular weight excluding hydrogens is 234 g/mol. The first-order chi connectivity index (χ1) is 8.98. The zero-order valence-corrected chi connectivity index (χ0v) is 11.7. The molecule has 98 valence electrons. The molecule has 19 heavy (non-hydrogen) atoms. The molecule has 2 rings (SSSR count). The molecular formula is C17H19NO. The minimum Gasteiger partial charge on any atom is -0.294 e. The second-order valence-corrected chi connectivity index (χ2v) is 5.75. The van der Waals surface area contributed by atoms with Crippen molar-refractivity contribution in [2.75, 3.05) is 0 Å². The third-order valence-electron chi connectivity index (χ3n) is 3.15. The minimum absolute atomic E-state index is 0.0233. The minimum atomic E-state index is -0.0233. The van der Waals surface area contributed by atoms with Crippen LogP contribution in [-0.4, -0.2) is 10.8 Å². The average molecular weight is 253 g/mol. The summed E-state index contributed by atoms with van der Waals surface area (Å²) in [6, 6.07) is 11.7. The molecule has 0 aliphatic heterocycles. The van der Waals surface area contributed by atoms with E-state index in [1.165, 1.54) is 0 Å². The van der Waals surface area contributed by atoms with E-state index in [-0.39, 0.29) is 11.2 Å². The van der Waals surface area contributed by atoms with Gasteiger partial charge in [0, 0.05) is 24.4 Å². The van der Waals surface area contributed by atoms with Crippen LogP contribution in [0.3, 0.4) is 0 Å². The smallest absolute Gasteiger partial charge is 0.167 e. The summed E-state index contributed by atoms with van der Waals surface area (Å²) in [7, 11) is 0. The number of hydrogen-bond acceptors (Lipinski definition) is 2. The largest absolute Gasteiger partial charge is 0.294 e. The van der Waals surface area contributed by atoms with Crippen molar-refractivity contribution in [1.82, 2.24) is 4.98 Å². The topological polar surface area (TPSA) is 30.0 Å². The molecule has 2 aromatic rings. The van der Waals surface area contributed by atoms with E-state index in [9.17, 15) is 4.79 Å². The van der Waals surface area contributed by atoms with Crippen LogP contribution in [-0.2, 0) is 11.8 Å². The summed E-state index contributed by atoms with van der Waals surface area (Å²) in [6.07, 6.45) is 3.87. The molecule has 2 heteroatoms. The van der Waals surface area contributed by atoms with E-state index in [1.54, 1.807) is 12.4 Å². The molecule has 2 nitrogen and oxygen atoms in total. The lowest BCUT2D eigenvalue weighted by molar-refractivity contribution is 0.0991. The van der Waals surface area contributed by atoms with Crippen molar-refractivity contribution in [3.05, 3.63) is 65.5 Å². The number of benzene rings is 1. The second kappa shape index (κ2) is 5.35. The number of pyridine rings is 1. The van der Waals surface area contributed by atoms with Gasteiger partial charge in [0.25, 0.3) is 0 Å². The molecule has 0 bridgehead atoms. The van der Waals surface area contributed by atoms with Gasteiger partial charge in [-0.25, -0.2) is 0 Å². The van der Waals surface area contributed by atoms with Crippen LogP contribution in [0.2, 0.25) is 0 Å².